The van der Waals surface area contributed by atoms with Crippen molar-refractivity contribution in [2.45, 2.75) is 20.8 Å². The van der Waals surface area contributed by atoms with E-state index in [9.17, 15) is 0 Å². The van der Waals surface area contributed by atoms with E-state index in [4.69, 9.17) is 9.15 Å². The van der Waals surface area contributed by atoms with Crippen molar-refractivity contribution < 1.29 is 9.15 Å². The molecule has 0 saturated carbocycles. The average molecular weight is 346 g/mol. The number of hydrogen-bond acceptors (Lipinski definition) is 2. The van der Waals surface area contributed by atoms with Crippen molar-refractivity contribution in [1.82, 2.24) is 0 Å². The molecule has 0 atom stereocenters. The van der Waals surface area contributed by atoms with E-state index >= 15 is 0 Å². The lowest BCUT2D eigenvalue weighted by molar-refractivity contribution is 0.294. The van der Waals surface area contributed by atoms with Crippen LogP contribution in [-0.2, 0) is 4.74 Å². The summed E-state index contributed by atoms with van der Waals surface area (Å²) in [5.74, 6) is 1.62. The highest BCUT2D eigenvalue weighted by atomic mass is 16.5. The number of methoxy groups -OCH3 is 1. The van der Waals surface area contributed by atoms with Crippen LogP contribution < -0.4 is 10.6 Å². The second kappa shape index (κ2) is 8.91. The van der Waals surface area contributed by atoms with Crippen LogP contribution in [0, 0.1) is 6.92 Å². The summed E-state index contributed by atoms with van der Waals surface area (Å²) in [6, 6.07) is 10.2. The van der Waals surface area contributed by atoms with Gasteiger partial charge in [0.05, 0.1) is 12.9 Å². The summed E-state index contributed by atoms with van der Waals surface area (Å²) in [6.45, 7) is 14.1. The maximum Gasteiger partial charge on any atom is 0.142 e. The summed E-state index contributed by atoms with van der Waals surface area (Å²) in [6.07, 6.45) is 9.67. The van der Waals surface area contributed by atoms with E-state index in [1.54, 1.807) is 7.11 Å². The zero-order valence-electron chi connectivity index (χ0n) is 16.0. The van der Waals surface area contributed by atoms with Gasteiger partial charge in [-0.2, -0.15) is 0 Å². The average Bonchev–Trinajstić information content (AvgIpc) is 3.03. The molecule has 2 aromatic rings. The lowest BCUT2D eigenvalue weighted by Gasteiger charge is -2.03. The predicted octanol–water partition coefficient (Wildman–Crippen LogP) is 5.05. The van der Waals surface area contributed by atoms with Gasteiger partial charge in [-0.25, -0.2) is 0 Å². The van der Waals surface area contributed by atoms with Crippen LogP contribution in [0.1, 0.15) is 19.4 Å². The topological polar surface area (TPSA) is 22.4 Å². The van der Waals surface area contributed by atoms with Crippen molar-refractivity contribution in [3.05, 3.63) is 94.8 Å². The fourth-order valence-electron chi connectivity index (χ4n) is 2.53. The number of rotatable bonds is 6. The monoisotopic (exact) mass is 346 g/mol. The van der Waals surface area contributed by atoms with Gasteiger partial charge in [0, 0.05) is 16.4 Å². The summed E-state index contributed by atoms with van der Waals surface area (Å²) in [5, 5.41) is 0.842. The van der Waals surface area contributed by atoms with Crippen LogP contribution in [0.15, 0.2) is 83.0 Å². The minimum atomic E-state index is 0.744. The summed E-state index contributed by atoms with van der Waals surface area (Å²) in [5.41, 5.74) is 4.87. The van der Waals surface area contributed by atoms with Gasteiger partial charge >= 0.3 is 0 Å². The lowest BCUT2D eigenvalue weighted by Crippen LogP contribution is -2.20. The predicted molar refractivity (Wildman–Crippen MR) is 111 cm³/mol. The van der Waals surface area contributed by atoms with E-state index in [1.807, 2.05) is 50.3 Å². The molecule has 26 heavy (non-hydrogen) atoms. The van der Waals surface area contributed by atoms with Gasteiger partial charge in [0.15, 0.2) is 0 Å². The van der Waals surface area contributed by atoms with E-state index in [0.717, 1.165) is 38.9 Å². The molecule has 2 nitrogen and oxygen atoms in total. The molecular weight excluding hydrogens is 320 g/mol. The minimum absolute atomic E-state index is 0.744. The van der Waals surface area contributed by atoms with Gasteiger partial charge < -0.3 is 9.15 Å². The largest absolute Gasteiger partial charge is 0.501 e. The van der Waals surface area contributed by atoms with E-state index in [1.165, 1.54) is 5.56 Å². The lowest BCUT2D eigenvalue weighted by atomic mass is 10.0. The first-order chi connectivity index (χ1) is 12.5. The molecule has 0 saturated heterocycles. The smallest absolute Gasteiger partial charge is 0.142 e. The number of ether oxygens (including phenoxy) is 1. The van der Waals surface area contributed by atoms with E-state index in [0.29, 0.717) is 0 Å². The second-order valence-corrected chi connectivity index (χ2v) is 6.05. The van der Waals surface area contributed by atoms with Crippen molar-refractivity contribution in [2.24, 2.45) is 0 Å². The number of hydrogen-bond donors (Lipinski definition) is 0. The van der Waals surface area contributed by atoms with Crippen LogP contribution in [0.2, 0.25) is 0 Å². The van der Waals surface area contributed by atoms with Crippen molar-refractivity contribution in [1.29, 1.82) is 0 Å². The maximum absolute atomic E-state index is 6.18. The van der Waals surface area contributed by atoms with Crippen LogP contribution >= 0.6 is 0 Å². The quantitative estimate of drug-likeness (QED) is 0.539. The van der Waals surface area contributed by atoms with Crippen LogP contribution in [0.5, 0.6) is 0 Å². The number of allylic oxidation sites excluding steroid dienone is 7. The number of furan rings is 1. The fourth-order valence-corrected chi connectivity index (χ4v) is 2.53. The molecule has 0 radical (unpaired) electrons. The summed E-state index contributed by atoms with van der Waals surface area (Å²) in [4.78, 5) is 0. The van der Waals surface area contributed by atoms with Gasteiger partial charge in [0.25, 0.3) is 0 Å². The number of benzene rings is 1. The molecule has 0 aliphatic carbocycles. The first kappa shape index (κ1) is 19.3. The number of aryl methyl sites for hydroxylation is 1. The van der Waals surface area contributed by atoms with Crippen molar-refractivity contribution in [2.75, 3.05) is 7.11 Å². The van der Waals surface area contributed by atoms with Gasteiger partial charge in [0.2, 0.25) is 0 Å². The molecule has 2 heteroatoms. The molecule has 1 aromatic carbocycles. The highest BCUT2D eigenvalue weighted by Crippen LogP contribution is 2.19. The molecule has 0 unspecified atom stereocenters. The van der Waals surface area contributed by atoms with Crippen molar-refractivity contribution >= 4 is 12.2 Å². The highest BCUT2D eigenvalue weighted by molar-refractivity contribution is 5.76. The Morgan fingerprint density at radius 3 is 2.42 bits per heavy atom. The zero-order valence-corrected chi connectivity index (χ0v) is 16.0. The van der Waals surface area contributed by atoms with E-state index < -0.39 is 0 Å². The van der Waals surface area contributed by atoms with Gasteiger partial charge in [-0.3, -0.25) is 0 Å². The molecule has 0 spiro atoms. The Morgan fingerprint density at radius 2 is 1.85 bits per heavy atom. The molecular formula is C24H26O2. The molecule has 0 aliphatic heterocycles. The van der Waals surface area contributed by atoms with Gasteiger partial charge in [0.1, 0.15) is 11.2 Å². The summed E-state index contributed by atoms with van der Waals surface area (Å²) < 4.78 is 11.4. The van der Waals surface area contributed by atoms with E-state index in [-0.39, 0.29) is 0 Å². The molecule has 134 valence electrons. The Morgan fingerprint density at radius 1 is 1.15 bits per heavy atom. The Kier molecular flexibility index (Phi) is 6.62. The maximum atomic E-state index is 6.18. The van der Waals surface area contributed by atoms with Gasteiger partial charge in [-0.1, -0.05) is 67.3 Å². The third-order valence-electron chi connectivity index (χ3n) is 4.07. The zero-order chi connectivity index (χ0) is 19.1. The Hall–Kier alpha value is -3.00. The summed E-state index contributed by atoms with van der Waals surface area (Å²) >= 11 is 0. The van der Waals surface area contributed by atoms with Crippen molar-refractivity contribution in [3.8, 4) is 11.3 Å². The molecule has 0 fully saturated rings. The standard InChI is InChI=1S/C24H26O2/c1-7-9-22(20(8-2)15-12-19(5)25-6)24-18(4)16-23(26-24)21-13-10-17(3)11-14-21/h7-16H,2,4H2,1,3,5-6H3/b9-7-,19-12+,20-15+,24-22-. The SMILES string of the molecule is C=CC(=C\C=C(/C)OC)/C(/C=C\C)=c1\oc(-c2ccc(C)cc2)cc1=C. The van der Waals surface area contributed by atoms with Crippen LogP contribution in [0.25, 0.3) is 23.5 Å². The Balaban J connectivity index is 2.67. The second-order valence-electron chi connectivity index (χ2n) is 6.05. The summed E-state index contributed by atoms with van der Waals surface area (Å²) in [7, 11) is 1.65. The van der Waals surface area contributed by atoms with E-state index in [2.05, 4.69) is 44.3 Å². The molecule has 0 bridgehead atoms. The Labute approximate surface area is 155 Å². The van der Waals surface area contributed by atoms with Crippen LogP contribution in [0.4, 0.5) is 0 Å². The normalized spacial score (nSPS) is 13.8. The molecule has 1 aromatic heterocycles. The first-order valence-electron chi connectivity index (χ1n) is 8.58. The minimum Gasteiger partial charge on any atom is -0.501 e. The van der Waals surface area contributed by atoms with Crippen LogP contribution in [-0.4, -0.2) is 7.11 Å². The van der Waals surface area contributed by atoms with Crippen molar-refractivity contribution in [3.63, 3.8) is 0 Å². The third-order valence-corrected chi connectivity index (χ3v) is 4.07. The van der Waals surface area contributed by atoms with Gasteiger partial charge in [-0.05, 0) is 38.5 Å². The van der Waals surface area contributed by atoms with Crippen LogP contribution in [0.3, 0.4) is 0 Å². The van der Waals surface area contributed by atoms with Gasteiger partial charge in [-0.15, -0.1) is 0 Å². The first-order valence-corrected chi connectivity index (χ1v) is 8.58. The Bertz CT molecular complexity index is 964. The molecule has 0 amide bonds. The molecule has 0 aliphatic rings. The molecule has 0 N–H and O–H groups in total. The highest BCUT2D eigenvalue weighted by Gasteiger charge is 2.07. The third kappa shape index (κ3) is 4.54. The molecule has 2 rings (SSSR count). The fraction of sp³-hybridized carbons (Fsp3) is 0.167. The molecule has 1 heterocycles.